The molecule has 1 atom stereocenters. The molecule has 0 spiro atoms. The molecule has 4 heteroatoms. The first-order valence-electron chi connectivity index (χ1n) is 6.94. The molecule has 0 bridgehead atoms. The van der Waals surface area contributed by atoms with E-state index < -0.39 is 0 Å². The molecule has 0 saturated heterocycles. The van der Waals surface area contributed by atoms with Gasteiger partial charge in [-0.25, -0.2) is 0 Å². The maximum atomic E-state index is 11.4. The van der Waals surface area contributed by atoms with Crippen LogP contribution in [0.15, 0.2) is 12.3 Å². The lowest BCUT2D eigenvalue weighted by Gasteiger charge is -2.33. The number of rotatable bonds is 4. The molecule has 0 aromatic carbocycles. The van der Waals surface area contributed by atoms with Crippen molar-refractivity contribution in [1.29, 1.82) is 0 Å². The van der Waals surface area contributed by atoms with Crippen molar-refractivity contribution in [2.75, 3.05) is 6.61 Å². The van der Waals surface area contributed by atoms with E-state index in [2.05, 4.69) is 18.4 Å². The third-order valence-electron chi connectivity index (χ3n) is 3.73. The van der Waals surface area contributed by atoms with E-state index in [4.69, 9.17) is 4.74 Å². The summed E-state index contributed by atoms with van der Waals surface area (Å²) in [7, 11) is 0. The average Bonchev–Trinajstić information content (AvgIpc) is 2.68. The first-order valence-corrected chi connectivity index (χ1v) is 6.94. The van der Waals surface area contributed by atoms with Gasteiger partial charge in [0.15, 0.2) is 0 Å². The fraction of sp³-hybridized carbons (Fsp3) is 0.667. The van der Waals surface area contributed by atoms with Crippen LogP contribution in [0.3, 0.4) is 0 Å². The molecule has 1 unspecified atom stereocenters. The van der Waals surface area contributed by atoms with E-state index in [9.17, 15) is 9.90 Å². The Morgan fingerprint density at radius 2 is 2.32 bits per heavy atom. The van der Waals surface area contributed by atoms with E-state index in [1.54, 1.807) is 0 Å². The number of aliphatic hydroxyl groups is 1. The van der Waals surface area contributed by atoms with Crippen molar-refractivity contribution in [2.45, 2.75) is 52.7 Å². The predicted molar refractivity (Wildman–Crippen MR) is 72.7 cm³/mol. The molecule has 106 valence electrons. The monoisotopic (exact) mass is 265 g/mol. The minimum atomic E-state index is -0.386. The van der Waals surface area contributed by atoms with E-state index in [0.29, 0.717) is 19.6 Å². The highest BCUT2D eigenvalue weighted by molar-refractivity contribution is 5.69. The number of esters is 1. The van der Waals surface area contributed by atoms with Gasteiger partial charge in [-0.1, -0.05) is 13.8 Å². The second-order valence-electron chi connectivity index (χ2n) is 6.03. The van der Waals surface area contributed by atoms with Crippen LogP contribution < -0.4 is 0 Å². The summed E-state index contributed by atoms with van der Waals surface area (Å²) in [5.74, 6) is -0.166. The minimum Gasteiger partial charge on any atom is -0.466 e. The molecule has 0 radical (unpaired) electrons. The van der Waals surface area contributed by atoms with Crippen LogP contribution in [0.1, 0.15) is 51.0 Å². The number of aryl methyl sites for hydroxylation is 1. The summed E-state index contributed by atoms with van der Waals surface area (Å²) in [6.07, 6.45) is 3.69. The van der Waals surface area contributed by atoms with Crippen molar-refractivity contribution in [3.8, 4) is 0 Å². The van der Waals surface area contributed by atoms with Crippen LogP contribution in [-0.4, -0.2) is 22.2 Å². The first kappa shape index (κ1) is 14.1. The van der Waals surface area contributed by atoms with E-state index >= 15 is 0 Å². The quantitative estimate of drug-likeness (QED) is 0.851. The Bertz CT molecular complexity index is 462. The van der Waals surface area contributed by atoms with Gasteiger partial charge in [0, 0.05) is 24.0 Å². The smallest absolute Gasteiger partial charge is 0.307 e. The van der Waals surface area contributed by atoms with Gasteiger partial charge in [0.25, 0.3) is 0 Å². The molecular weight excluding hydrogens is 242 g/mol. The van der Waals surface area contributed by atoms with E-state index in [1.165, 1.54) is 0 Å². The van der Waals surface area contributed by atoms with Gasteiger partial charge in [-0.3, -0.25) is 4.79 Å². The number of carbonyl (C=O) groups excluding carboxylic acids is 1. The molecular formula is C15H23NO3. The molecule has 4 nitrogen and oxygen atoms in total. The summed E-state index contributed by atoms with van der Waals surface area (Å²) in [6, 6.07) is 1.97. The molecule has 2 rings (SSSR count). The lowest BCUT2D eigenvalue weighted by molar-refractivity contribution is -0.143. The molecule has 1 aliphatic carbocycles. The summed E-state index contributed by atoms with van der Waals surface area (Å²) in [6.45, 7) is 7.20. The van der Waals surface area contributed by atoms with Gasteiger partial charge < -0.3 is 14.4 Å². The maximum Gasteiger partial charge on any atom is 0.307 e. The Labute approximate surface area is 114 Å². The van der Waals surface area contributed by atoms with Gasteiger partial charge in [0.1, 0.15) is 0 Å². The molecule has 1 heterocycles. The van der Waals surface area contributed by atoms with E-state index in [-0.39, 0.29) is 17.5 Å². The van der Waals surface area contributed by atoms with Gasteiger partial charge in [-0.15, -0.1) is 0 Å². The molecule has 0 aliphatic heterocycles. The SMILES string of the molecule is CCOC(=O)CCn1ccc2c1CC(C)(C)CC2O. The number of aliphatic hydroxyl groups excluding tert-OH is 1. The first-order chi connectivity index (χ1) is 8.93. The number of carbonyl (C=O) groups is 1. The zero-order valence-corrected chi connectivity index (χ0v) is 12.0. The summed E-state index contributed by atoms with van der Waals surface area (Å²) in [5, 5.41) is 10.2. The van der Waals surface area contributed by atoms with Gasteiger partial charge in [-0.2, -0.15) is 0 Å². The van der Waals surface area contributed by atoms with Crippen molar-refractivity contribution >= 4 is 5.97 Å². The number of aromatic nitrogens is 1. The van der Waals surface area contributed by atoms with Crippen LogP contribution in [0.25, 0.3) is 0 Å². The van der Waals surface area contributed by atoms with Crippen molar-refractivity contribution in [1.82, 2.24) is 4.57 Å². The molecule has 1 aromatic heterocycles. The van der Waals surface area contributed by atoms with Gasteiger partial charge in [0.05, 0.1) is 19.1 Å². The van der Waals surface area contributed by atoms with Gasteiger partial charge >= 0.3 is 5.97 Å². The van der Waals surface area contributed by atoms with Crippen LogP contribution in [-0.2, 0) is 22.5 Å². The summed E-state index contributed by atoms with van der Waals surface area (Å²) in [4.78, 5) is 11.4. The molecule has 0 fully saturated rings. The van der Waals surface area contributed by atoms with Gasteiger partial charge in [0.2, 0.25) is 0 Å². The van der Waals surface area contributed by atoms with Crippen LogP contribution in [0.4, 0.5) is 0 Å². The standard InChI is InChI=1S/C15H23NO3/c1-4-19-14(18)6-8-16-7-5-11-12(16)9-15(2,3)10-13(11)17/h5,7,13,17H,4,6,8-10H2,1-3H3. The minimum absolute atomic E-state index is 0.104. The second-order valence-corrected chi connectivity index (χ2v) is 6.03. The highest BCUT2D eigenvalue weighted by Gasteiger charge is 2.33. The maximum absolute atomic E-state index is 11.4. The van der Waals surface area contributed by atoms with Crippen LogP contribution in [0.2, 0.25) is 0 Å². The van der Waals surface area contributed by atoms with Crippen molar-refractivity contribution < 1.29 is 14.6 Å². The van der Waals surface area contributed by atoms with Crippen molar-refractivity contribution in [3.63, 3.8) is 0 Å². The second kappa shape index (κ2) is 5.37. The number of hydrogen-bond donors (Lipinski definition) is 1. The normalized spacial score (nSPS) is 20.9. The molecule has 0 saturated carbocycles. The summed E-state index contributed by atoms with van der Waals surface area (Å²) < 4.78 is 7.02. The van der Waals surface area contributed by atoms with Crippen LogP contribution >= 0.6 is 0 Å². The third kappa shape index (κ3) is 3.18. The zero-order chi connectivity index (χ0) is 14.0. The molecule has 1 N–H and O–H groups in total. The zero-order valence-electron chi connectivity index (χ0n) is 12.0. The topological polar surface area (TPSA) is 51.5 Å². The summed E-state index contributed by atoms with van der Waals surface area (Å²) >= 11 is 0. The Morgan fingerprint density at radius 3 is 3.00 bits per heavy atom. The predicted octanol–water partition coefficient (Wildman–Crippen LogP) is 2.45. The fourth-order valence-electron chi connectivity index (χ4n) is 2.84. The van der Waals surface area contributed by atoms with Crippen molar-refractivity contribution in [3.05, 3.63) is 23.5 Å². The van der Waals surface area contributed by atoms with Crippen LogP contribution in [0.5, 0.6) is 0 Å². The van der Waals surface area contributed by atoms with Gasteiger partial charge in [-0.05, 0) is 31.2 Å². The third-order valence-corrected chi connectivity index (χ3v) is 3.73. The number of hydrogen-bond acceptors (Lipinski definition) is 3. The van der Waals surface area contributed by atoms with E-state index in [1.807, 2.05) is 19.2 Å². The molecule has 1 aliphatic rings. The average molecular weight is 265 g/mol. The lowest BCUT2D eigenvalue weighted by Crippen LogP contribution is -2.27. The number of fused-ring (bicyclic) bond motifs is 1. The summed E-state index contributed by atoms with van der Waals surface area (Å²) in [5.41, 5.74) is 2.28. The largest absolute Gasteiger partial charge is 0.466 e. The molecule has 19 heavy (non-hydrogen) atoms. The lowest BCUT2D eigenvalue weighted by atomic mass is 9.75. The van der Waals surface area contributed by atoms with E-state index in [0.717, 1.165) is 24.1 Å². The van der Waals surface area contributed by atoms with Crippen LogP contribution in [0, 0.1) is 5.41 Å². The number of nitrogens with zero attached hydrogens (tertiary/aromatic N) is 1. The highest BCUT2D eigenvalue weighted by Crippen LogP contribution is 2.41. The Hall–Kier alpha value is -1.29. The Kier molecular flexibility index (Phi) is 3.99. The molecule has 0 amide bonds. The Balaban J connectivity index is 2.10. The fourth-order valence-corrected chi connectivity index (χ4v) is 2.84. The highest BCUT2D eigenvalue weighted by atomic mass is 16.5. The number of ether oxygens (including phenoxy) is 1. The molecule has 1 aromatic rings. The van der Waals surface area contributed by atoms with Crippen molar-refractivity contribution in [2.24, 2.45) is 5.41 Å². The Morgan fingerprint density at radius 1 is 1.58 bits per heavy atom.